The molecule has 0 saturated carbocycles. The van der Waals surface area contributed by atoms with E-state index in [1.54, 1.807) is 13.1 Å². The van der Waals surface area contributed by atoms with Crippen LogP contribution >= 0.6 is 0 Å². The van der Waals surface area contributed by atoms with Gasteiger partial charge in [-0.25, -0.2) is 0 Å². The first-order valence-corrected chi connectivity index (χ1v) is 7.07. The molecular formula is C17H23N3O2. The molecular weight excluding hydrogens is 278 g/mol. The highest BCUT2D eigenvalue weighted by Gasteiger charge is 2.17. The number of carbonyl (C=O) groups excluding carboxylic acids is 2. The van der Waals surface area contributed by atoms with E-state index in [0.717, 1.165) is 11.3 Å². The van der Waals surface area contributed by atoms with E-state index < -0.39 is 0 Å². The summed E-state index contributed by atoms with van der Waals surface area (Å²) in [5.74, 6) is 2.18. The standard InChI is InChI=1S/C17H23N3O2/c1-6-13-8-7-9-14(10-13)18-11-16(22)20(5)12-15(21)19-17(2,3)4/h1,7-10,18H,11-12H2,2-5H3,(H,19,21). The van der Waals surface area contributed by atoms with E-state index in [1.807, 2.05) is 39.0 Å². The van der Waals surface area contributed by atoms with E-state index in [1.165, 1.54) is 4.90 Å². The van der Waals surface area contributed by atoms with Crippen molar-refractivity contribution in [2.75, 3.05) is 25.5 Å². The van der Waals surface area contributed by atoms with Gasteiger partial charge in [0.25, 0.3) is 0 Å². The molecule has 0 aliphatic heterocycles. The Hall–Kier alpha value is -2.48. The van der Waals surface area contributed by atoms with Crippen molar-refractivity contribution < 1.29 is 9.59 Å². The minimum atomic E-state index is -0.311. The second-order valence-corrected chi connectivity index (χ2v) is 6.13. The maximum atomic E-state index is 12.0. The van der Waals surface area contributed by atoms with Crippen molar-refractivity contribution in [2.45, 2.75) is 26.3 Å². The van der Waals surface area contributed by atoms with Crippen LogP contribution in [0.15, 0.2) is 24.3 Å². The Kier molecular flexibility index (Phi) is 6.00. The molecule has 118 valence electrons. The van der Waals surface area contributed by atoms with Gasteiger partial charge in [0.15, 0.2) is 0 Å². The Bertz CT molecular complexity index is 582. The monoisotopic (exact) mass is 301 g/mol. The van der Waals surface area contributed by atoms with E-state index >= 15 is 0 Å². The predicted molar refractivity (Wildman–Crippen MR) is 88.4 cm³/mol. The topological polar surface area (TPSA) is 61.4 Å². The first kappa shape index (κ1) is 17.6. The van der Waals surface area contributed by atoms with Gasteiger partial charge in [0.05, 0.1) is 13.1 Å². The molecule has 1 aromatic rings. The Balaban J connectivity index is 2.47. The van der Waals surface area contributed by atoms with Crippen LogP contribution < -0.4 is 10.6 Å². The molecule has 22 heavy (non-hydrogen) atoms. The van der Waals surface area contributed by atoms with Crippen LogP contribution in [0.4, 0.5) is 5.69 Å². The second-order valence-electron chi connectivity index (χ2n) is 6.13. The number of likely N-dealkylation sites (N-methyl/N-ethyl adjacent to an activating group) is 1. The van der Waals surface area contributed by atoms with E-state index in [4.69, 9.17) is 6.42 Å². The molecule has 2 amide bonds. The molecule has 0 spiro atoms. The minimum absolute atomic E-state index is 0.0299. The number of anilines is 1. The largest absolute Gasteiger partial charge is 0.376 e. The SMILES string of the molecule is C#Cc1cccc(NCC(=O)N(C)CC(=O)NC(C)(C)C)c1. The third-order valence-electron chi connectivity index (χ3n) is 2.79. The summed E-state index contributed by atoms with van der Waals surface area (Å²) >= 11 is 0. The van der Waals surface area contributed by atoms with Gasteiger partial charge in [0.2, 0.25) is 11.8 Å². The molecule has 0 atom stereocenters. The Morgan fingerprint density at radius 3 is 2.59 bits per heavy atom. The van der Waals surface area contributed by atoms with Crippen LogP contribution in [0.3, 0.4) is 0 Å². The lowest BCUT2D eigenvalue weighted by atomic mass is 10.1. The van der Waals surface area contributed by atoms with Gasteiger partial charge in [-0.1, -0.05) is 12.0 Å². The quantitative estimate of drug-likeness (QED) is 0.809. The highest BCUT2D eigenvalue weighted by atomic mass is 16.2. The first-order valence-electron chi connectivity index (χ1n) is 7.07. The summed E-state index contributed by atoms with van der Waals surface area (Å²) in [6, 6.07) is 7.26. The summed E-state index contributed by atoms with van der Waals surface area (Å²) < 4.78 is 0. The van der Waals surface area contributed by atoms with E-state index in [2.05, 4.69) is 16.6 Å². The number of amides is 2. The molecule has 0 saturated heterocycles. The summed E-state index contributed by atoms with van der Waals surface area (Å²) in [5, 5.41) is 5.82. The maximum absolute atomic E-state index is 12.0. The van der Waals surface area contributed by atoms with Crippen LogP contribution in [-0.4, -0.2) is 42.4 Å². The zero-order chi connectivity index (χ0) is 16.8. The molecule has 0 aliphatic carbocycles. The van der Waals surface area contributed by atoms with Crippen molar-refractivity contribution >= 4 is 17.5 Å². The Labute approximate surface area is 132 Å². The predicted octanol–water partition coefficient (Wildman–Crippen LogP) is 1.45. The van der Waals surface area contributed by atoms with Gasteiger partial charge >= 0.3 is 0 Å². The number of rotatable bonds is 5. The summed E-state index contributed by atoms with van der Waals surface area (Å²) in [6.07, 6.45) is 5.33. The lowest BCUT2D eigenvalue weighted by Crippen LogP contribution is -2.47. The number of benzene rings is 1. The van der Waals surface area contributed by atoms with Crippen molar-refractivity contribution in [1.29, 1.82) is 0 Å². The van der Waals surface area contributed by atoms with Gasteiger partial charge in [0, 0.05) is 23.8 Å². The number of nitrogens with zero attached hydrogens (tertiary/aromatic N) is 1. The van der Waals surface area contributed by atoms with Crippen molar-refractivity contribution in [3.05, 3.63) is 29.8 Å². The summed E-state index contributed by atoms with van der Waals surface area (Å²) in [4.78, 5) is 25.2. The van der Waals surface area contributed by atoms with Crippen LogP contribution in [0.25, 0.3) is 0 Å². The smallest absolute Gasteiger partial charge is 0.242 e. The zero-order valence-corrected chi connectivity index (χ0v) is 13.6. The summed E-state index contributed by atoms with van der Waals surface area (Å²) in [7, 11) is 1.60. The molecule has 0 radical (unpaired) electrons. The fraction of sp³-hybridized carbons (Fsp3) is 0.412. The zero-order valence-electron chi connectivity index (χ0n) is 13.6. The molecule has 0 heterocycles. The molecule has 0 aromatic heterocycles. The van der Waals surface area contributed by atoms with E-state index in [9.17, 15) is 9.59 Å². The molecule has 1 rings (SSSR count). The van der Waals surface area contributed by atoms with Crippen LogP contribution in [0.5, 0.6) is 0 Å². The highest BCUT2D eigenvalue weighted by Crippen LogP contribution is 2.09. The van der Waals surface area contributed by atoms with Crippen LogP contribution in [0.1, 0.15) is 26.3 Å². The minimum Gasteiger partial charge on any atom is -0.376 e. The third-order valence-corrected chi connectivity index (χ3v) is 2.79. The fourth-order valence-corrected chi connectivity index (χ4v) is 1.79. The Morgan fingerprint density at radius 2 is 2.00 bits per heavy atom. The Morgan fingerprint density at radius 1 is 1.32 bits per heavy atom. The van der Waals surface area contributed by atoms with Gasteiger partial charge in [-0.15, -0.1) is 6.42 Å². The molecule has 0 unspecified atom stereocenters. The summed E-state index contributed by atoms with van der Waals surface area (Å²) in [6.45, 7) is 5.82. The van der Waals surface area contributed by atoms with Crippen molar-refractivity contribution in [3.8, 4) is 12.3 Å². The van der Waals surface area contributed by atoms with E-state index in [0.29, 0.717) is 0 Å². The van der Waals surface area contributed by atoms with E-state index in [-0.39, 0.29) is 30.4 Å². The number of carbonyl (C=O) groups is 2. The van der Waals surface area contributed by atoms with Gasteiger partial charge in [-0.3, -0.25) is 9.59 Å². The second kappa shape index (κ2) is 7.51. The first-order chi connectivity index (χ1) is 10.2. The average molecular weight is 301 g/mol. The summed E-state index contributed by atoms with van der Waals surface area (Å²) in [5.41, 5.74) is 1.21. The number of nitrogens with one attached hydrogen (secondary N) is 2. The average Bonchev–Trinajstić information content (AvgIpc) is 2.42. The van der Waals surface area contributed by atoms with Crippen LogP contribution in [0, 0.1) is 12.3 Å². The van der Waals surface area contributed by atoms with Gasteiger partial charge in [-0.05, 0) is 39.0 Å². The third kappa shape index (κ3) is 6.31. The van der Waals surface area contributed by atoms with Crippen LogP contribution in [-0.2, 0) is 9.59 Å². The van der Waals surface area contributed by atoms with Crippen molar-refractivity contribution in [3.63, 3.8) is 0 Å². The maximum Gasteiger partial charge on any atom is 0.242 e. The van der Waals surface area contributed by atoms with Crippen molar-refractivity contribution in [2.24, 2.45) is 0 Å². The molecule has 5 nitrogen and oxygen atoms in total. The molecule has 0 bridgehead atoms. The van der Waals surface area contributed by atoms with Gasteiger partial charge in [0.1, 0.15) is 0 Å². The molecule has 5 heteroatoms. The van der Waals surface area contributed by atoms with Crippen LogP contribution in [0.2, 0.25) is 0 Å². The van der Waals surface area contributed by atoms with Crippen molar-refractivity contribution in [1.82, 2.24) is 10.2 Å². The number of terminal acetylenes is 1. The van der Waals surface area contributed by atoms with Gasteiger partial charge < -0.3 is 15.5 Å². The van der Waals surface area contributed by atoms with Gasteiger partial charge in [-0.2, -0.15) is 0 Å². The lowest BCUT2D eigenvalue weighted by Gasteiger charge is -2.23. The normalized spacial score (nSPS) is 10.5. The molecule has 0 aliphatic rings. The molecule has 1 aromatic carbocycles. The number of hydrogen-bond donors (Lipinski definition) is 2. The molecule has 2 N–H and O–H groups in total. The lowest BCUT2D eigenvalue weighted by molar-refractivity contribution is -0.133. The number of hydrogen-bond acceptors (Lipinski definition) is 3. The molecule has 0 fully saturated rings. The highest BCUT2D eigenvalue weighted by molar-refractivity contribution is 5.86. The fourth-order valence-electron chi connectivity index (χ4n) is 1.79.